The summed E-state index contributed by atoms with van der Waals surface area (Å²) < 4.78 is 12.8. The lowest BCUT2D eigenvalue weighted by Gasteiger charge is -2.08. The minimum atomic E-state index is -0.459. The Bertz CT molecular complexity index is 778. The normalized spacial score (nSPS) is 11.0. The molecule has 2 N–H and O–H groups in total. The molecular formula is C16H15FN4O2S. The molecule has 2 aromatic carbocycles. The fourth-order valence-electron chi connectivity index (χ4n) is 1.96. The van der Waals surface area contributed by atoms with Crippen molar-refractivity contribution < 1.29 is 9.31 Å². The molecule has 0 fully saturated rings. The molecule has 0 bridgehead atoms. The minimum Gasteiger partial charge on any atom is -0.357 e. The zero-order valence-corrected chi connectivity index (χ0v) is 13.6. The second kappa shape index (κ2) is 8.11. The smallest absolute Gasteiger partial charge is 0.278 e. The summed E-state index contributed by atoms with van der Waals surface area (Å²) in [6.45, 7) is 2.06. The van der Waals surface area contributed by atoms with E-state index in [9.17, 15) is 14.5 Å². The lowest BCUT2D eigenvalue weighted by Crippen LogP contribution is -2.32. The number of hydrogen-bond donors (Lipinski definition) is 2. The van der Waals surface area contributed by atoms with Crippen LogP contribution in [-0.2, 0) is 6.54 Å². The van der Waals surface area contributed by atoms with Crippen molar-refractivity contribution in [1.82, 2.24) is 10.7 Å². The SMILES string of the molecule is C/C(=N/NC(=S)NCc1ccc(F)cc1)c1ccccc1[N+](=O)[O-]. The molecule has 0 aliphatic heterocycles. The molecule has 0 spiro atoms. The highest BCUT2D eigenvalue weighted by Crippen LogP contribution is 2.18. The molecule has 0 saturated carbocycles. The highest BCUT2D eigenvalue weighted by atomic mass is 32.1. The van der Waals surface area contributed by atoms with Crippen molar-refractivity contribution in [3.8, 4) is 0 Å². The summed E-state index contributed by atoms with van der Waals surface area (Å²) in [5, 5.41) is 18.3. The molecule has 24 heavy (non-hydrogen) atoms. The van der Waals surface area contributed by atoms with Crippen molar-refractivity contribution in [3.63, 3.8) is 0 Å². The number of halogens is 1. The van der Waals surface area contributed by atoms with Gasteiger partial charge in [-0.1, -0.05) is 24.3 Å². The fraction of sp³-hybridized carbons (Fsp3) is 0.125. The second-order valence-electron chi connectivity index (χ2n) is 4.89. The first-order chi connectivity index (χ1) is 11.5. The molecule has 0 atom stereocenters. The third-order valence-electron chi connectivity index (χ3n) is 3.18. The van der Waals surface area contributed by atoms with Gasteiger partial charge in [0.15, 0.2) is 5.11 Å². The van der Waals surface area contributed by atoms with E-state index in [-0.39, 0.29) is 16.6 Å². The number of hydrogen-bond acceptors (Lipinski definition) is 4. The quantitative estimate of drug-likeness (QED) is 0.376. The first-order valence-corrected chi connectivity index (χ1v) is 7.44. The number of hydrazone groups is 1. The molecular weight excluding hydrogens is 331 g/mol. The molecule has 2 rings (SSSR count). The van der Waals surface area contributed by atoms with Crippen molar-refractivity contribution in [2.24, 2.45) is 5.10 Å². The van der Waals surface area contributed by atoms with E-state index in [1.165, 1.54) is 18.2 Å². The minimum absolute atomic E-state index is 0.0225. The van der Waals surface area contributed by atoms with E-state index in [2.05, 4.69) is 15.8 Å². The van der Waals surface area contributed by atoms with Gasteiger partial charge in [-0.2, -0.15) is 5.10 Å². The zero-order chi connectivity index (χ0) is 17.5. The van der Waals surface area contributed by atoms with E-state index >= 15 is 0 Å². The van der Waals surface area contributed by atoms with E-state index in [1.807, 2.05) is 0 Å². The maximum Gasteiger partial charge on any atom is 0.278 e. The number of nitrogens with zero attached hydrogens (tertiary/aromatic N) is 2. The maximum atomic E-state index is 12.8. The topological polar surface area (TPSA) is 79.6 Å². The van der Waals surface area contributed by atoms with Gasteiger partial charge in [0.25, 0.3) is 5.69 Å². The molecule has 0 amide bonds. The Morgan fingerprint density at radius 2 is 1.92 bits per heavy atom. The Kier molecular flexibility index (Phi) is 5.91. The number of thiocarbonyl (C=S) groups is 1. The summed E-state index contributed by atoms with van der Waals surface area (Å²) in [4.78, 5) is 10.6. The van der Waals surface area contributed by atoms with E-state index in [4.69, 9.17) is 12.2 Å². The van der Waals surface area contributed by atoms with Crippen LogP contribution in [0.1, 0.15) is 18.1 Å². The van der Waals surface area contributed by atoms with Gasteiger partial charge in [-0.25, -0.2) is 4.39 Å². The fourth-order valence-corrected chi connectivity index (χ4v) is 2.08. The van der Waals surface area contributed by atoms with Crippen molar-refractivity contribution >= 4 is 28.7 Å². The highest BCUT2D eigenvalue weighted by molar-refractivity contribution is 7.80. The van der Waals surface area contributed by atoms with Crippen LogP contribution in [0.4, 0.5) is 10.1 Å². The molecule has 8 heteroatoms. The highest BCUT2D eigenvalue weighted by Gasteiger charge is 2.14. The third-order valence-corrected chi connectivity index (χ3v) is 3.42. The van der Waals surface area contributed by atoms with E-state index < -0.39 is 4.92 Å². The van der Waals surface area contributed by atoms with E-state index in [0.717, 1.165) is 5.56 Å². The van der Waals surface area contributed by atoms with Crippen LogP contribution < -0.4 is 10.7 Å². The molecule has 0 aromatic heterocycles. The van der Waals surface area contributed by atoms with Crippen molar-refractivity contribution in [3.05, 3.63) is 75.6 Å². The first-order valence-electron chi connectivity index (χ1n) is 7.03. The monoisotopic (exact) mass is 346 g/mol. The summed E-state index contributed by atoms with van der Waals surface area (Å²) in [7, 11) is 0. The van der Waals surface area contributed by atoms with Gasteiger partial charge in [-0.3, -0.25) is 15.5 Å². The Balaban J connectivity index is 1.96. The number of benzene rings is 2. The summed E-state index contributed by atoms with van der Waals surface area (Å²) in [5.41, 5.74) is 4.33. The van der Waals surface area contributed by atoms with Crippen molar-refractivity contribution in [2.75, 3.05) is 0 Å². The Labute approximate surface area is 143 Å². The lowest BCUT2D eigenvalue weighted by molar-refractivity contribution is -0.385. The largest absolute Gasteiger partial charge is 0.357 e. The van der Waals surface area contributed by atoms with Crippen LogP contribution in [0.3, 0.4) is 0 Å². The molecule has 0 saturated heterocycles. The van der Waals surface area contributed by atoms with Gasteiger partial charge in [0.05, 0.1) is 16.2 Å². The molecule has 0 unspecified atom stereocenters. The van der Waals surface area contributed by atoms with Crippen molar-refractivity contribution in [1.29, 1.82) is 0 Å². The van der Waals surface area contributed by atoms with Crippen LogP contribution in [-0.4, -0.2) is 15.7 Å². The van der Waals surface area contributed by atoms with E-state index in [0.29, 0.717) is 17.8 Å². The van der Waals surface area contributed by atoms with Gasteiger partial charge in [0.1, 0.15) is 5.82 Å². The van der Waals surface area contributed by atoms with Crippen LogP contribution >= 0.6 is 12.2 Å². The number of nitro groups is 1. The standard InChI is InChI=1S/C16H15FN4O2S/c1-11(14-4-2-3-5-15(14)21(22)23)19-20-16(24)18-10-12-6-8-13(17)9-7-12/h2-9H,10H2,1H3,(H2,18,20,24)/b19-11-. The average Bonchev–Trinajstić information content (AvgIpc) is 2.59. The van der Waals surface area contributed by atoms with Crippen LogP contribution in [0.2, 0.25) is 0 Å². The van der Waals surface area contributed by atoms with Gasteiger partial charge in [0.2, 0.25) is 0 Å². The molecule has 124 valence electrons. The average molecular weight is 346 g/mol. The summed E-state index contributed by atoms with van der Waals surface area (Å²) in [6.07, 6.45) is 0. The Hall–Kier alpha value is -2.87. The van der Waals surface area contributed by atoms with Gasteiger partial charge < -0.3 is 5.32 Å². The molecule has 0 radical (unpaired) electrons. The Morgan fingerprint density at radius 3 is 2.58 bits per heavy atom. The maximum absolute atomic E-state index is 12.8. The van der Waals surface area contributed by atoms with Crippen LogP contribution in [0.15, 0.2) is 53.6 Å². The lowest BCUT2D eigenvalue weighted by atomic mass is 10.1. The van der Waals surface area contributed by atoms with E-state index in [1.54, 1.807) is 37.3 Å². The Morgan fingerprint density at radius 1 is 1.25 bits per heavy atom. The summed E-state index contributed by atoms with van der Waals surface area (Å²) in [5.74, 6) is -0.302. The number of para-hydroxylation sites is 1. The second-order valence-corrected chi connectivity index (χ2v) is 5.30. The third kappa shape index (κ3) is 4.82. The van der Waals surface area contributed by atoms with Gasteiger partial charge >= 0.3 is 0 Å². The first kappa shape index (κ1) is 17.5. The van der Waals surface area contributed by atoms with Gasteiger partial charge in [0, 0.05) is 12.6 Å². The predicted molar refractivity (Wildman–Crippen MR) is 94.3 cm³/mol. The van der Waals surface area contributed by atoms with Gasteiger partial charge in [-0.15, -0.1) is 0 Å². The van der Waals surface area contributed by atoms with Crippen molar-refractivity contribution in [2.45, 2.75) is 13.5 Å². The summed E-state index contributed by atoms with van der Waals surface area (Å²) in [6, 6.07) is 12.4. The van der Waals surface area contributed by atoms with Gasteiger partial charge in [-0.05, 0) is 42.9 Å². The molecule has 0 aliphatic rings. The van der Waals surface area contributed by atoms with Crippen LogP contribution in [0.25, 0.3) is 0 Å². The molecule has 2 aromatic rings. The zero-order valence-electron chi connectivity index (χ0n) is 12.8. The number of rotatable bonds is 5. The molecule has 0 heterocycles. The predicted octanol–water partition coefficient (Wildman–Crippen LogP) is 3.12. The number of nitro benzene ring substituents is 1. The number of nitrogens with one attached hydrogen (secondary N) is 2. The van der Waals surface area contributed by atoms with Crippen LogP contribution in [0, 0.1) is 15.9 Å². The molecule has 0 aliphatic carbocycles. The van der Waals surface area contributed by atoms with Crippen LogP contribution in [0.5, 0.6) is 0 Å². The molecule has 6 nitrogen and oxygen atoms in total. The summed E-state index contributed by atoms with van der Waals surface area (Å²) >= 11 is 5.09.